The molecule has 0 amide bonds. The van der Waals surface area contributed by atoms with E-state index in [0.29, 0.717) is 13.0 Å². The Morgan fingerprint density at radius 2 is 1.80 bits per heavy atom. The van der Waals surface area contributed by atoms with E-state index in [1.165, 1.54) is 32.1 Å². The van der Waals surface area contributed by atoms with Crippen molar-refractivity contribution in [3.8, 4) is 0 Å². The van der Waals surface area contributed by atoms with Gasteiger partial charge in [-0.1, -0.05) is 51.9 Å². The number of imidazole rings is 1. The van der Waals surface area contributed by atoms with Gasteiger partial charge in [0.05, 0.1) is 18.5 Å². The zero-order valence-electron chi connectivity index (χ0n) is 13.0. The van der Waals surface area contributed by atoms with Crippen LogP contribution < -0.4 is 0 Å². The second-order valence-electron chi connectivity index (χ2n) is 6.00. The highest BCUT2D eigenvalue weighted by Gasteiger charge is 2.29. The lowest BCUT2D eigenvalue weighted by Gasteiger charge is -2.29. The van der Waals surface area contributed by atoms with Crippen LogP contribution in [-0.2, 0) is 6.54 Å². The number of nitrogens with zero attached hydrogens (tertiary/aromatic N) is 2. The summed E-state index contributed by atoms with van der Waals surface area (Å²) in [6, 6.07) is 0. The second-order valence-corrected chi connectivity index (χ2v) is 6.00. The third-order valence-corrected chi connectivity index (χ3v) is 3.95. The minimum Gasteiger partial charge on any atom is -0.388 e. The topological polar surface area (TPSA) is 58.3 Å². The van der Waals surface area contributed by atoms with E-state index in [2.05, 4.69) is 11.9 Å². The fraction of sp³-hybridized carbons (Fsp3) is 0.812. The average molecular weight is 282 g/mol. The van der Waals surface area contributed by atoms with Gasteiger partial charge in [-0.2, -0.15) is 0 Å². The first-order valence-electron chi connectivity index (χ1n) is 7.92. The number of aliphatic hydroxyl groups is 2. The quantitative estimate of drug-likeness (QED) is 0.613. The van der Waals surface area contributed by atoms with Crippen LogP contribution >= 0.6 is 0 Å². The predicted octanol–water partition coefficient (Wildman–Crippen LogP) is 3.14. The van der Waals surface area contributed by atoms with Crippen molar-refractivity contribution in [3.05, 3.63) is 18.7 Å². The Morgan fingerprint density at radius 1 is 1.15 bits per heavy atom. The van der Waals surface area contributed by atoms with Gasteiger partial charge in [-0.05, 0) is 13.3 Å². The fourth-order valence-corrected chi connectivity index (χ4v) is 2.40. The zero-order valence-corrected chi connectivity index (χ0v) is 13.0. The van der Waals surface area contributed by atoms with Crippen molar-refractivity contribution >= 4 is 0 Å². The summed E-state index contributed by atoms with van der Waals surface area (Å²) in [6.07, 6.45) is 13.6. The molecule has 0 spiro atoms. The maximum Gasteiger partial charge on any atom is 0.100 e. The lowest BCUT2D eigenvalue weighted by Crippen LogP contribution is -2.41. The molecule has 0 aliphatic carbocycles. The Balaban J connectivity index is 2.16. The molecule has 0 saturated carbocycles. The van der Waals surface area contributed by atoms with E-state index in [4.69, 9.17) is 0 Å². The fourth-order valence-electron chi connectivity index (χ4n) is 2.40. The van der Waals surface area contributed by atoms with Gasteiger partial charge in [-0.25, -0.2) is 4.98 Å². The van der Waals surface area contributed by atoms with Crippen molar-refractivity contribution in [1.29, 1.82) is 0 Å². The first kappa shape index (κ1) is 17.2. The summed E-state index contributed by atoms with van der Waals surface area (Å²) in [4.78, 5) is 3.94. The van der Waals surface area contributed by atoms with E-state index in [9.17, 15) is 10.2 Å². The molecular formula is C16H30N2O2. The van der Waals surface area contributed by atoms with Gasteiger partial charge in [-0.3, -0.25) is 0 Å². The minimum atomic E-state index is -1.02. The van der Waals surface area contributed by atoms with E-state index in [1.54, 1.807) is 30.2 Å². The molecule has 1 heterocycles. The lowest BCUT2D eigenvalue weighted by atomic mass is 9.91. The van der Waals surface area contributed by atoms with E-state index in [0.717, 1.165) is 12.8 Å². The molecule has 0 aliphatic heterocycles. The van der Waals surface area contributed by atoms with Crippen molar-refractivity contribution in [2.24, 2.45) is 0 Å². The van der Waals surface area contributed by atoms with Crippen LogP contribution in [0.25, 0.3) is 0 Å². The molecule has 2 atom stereocenters. The number of aromatic nitrogens is 2. The smallest absolute Gasteiger partial charge is 0.100 e. The summed E-state index contributed by atoms with van der Waals surface area (Å²) >= 11 is 0. The normalized spacial score (nSPS) is 16.0. The Morgan fingerprint density at radius 3 is 2.40 bits per heavy atom. The molecule has 1 aromatic rings. The summed E-state index contributed by atoms with van der Waals surface area (Å²) in [7, 11) is 0. The van der Waals surface area contributed by atoms with Crippen LogP contribution in [-0.4, -0.2) is 31.5 Å². The summed E-state index contributed by atoms with van der Waals surface area (Å²) in [5, 5.41) is 20.5. The standard InChI is InChI=1S/C16H30N2O2/c1-3-4-5-6-7-8-9-10-16(2,20)15(19)13-18-12-11-17-14-18/h11-12,14-15,19-20H,3-10,13H2,1-2H3. The highest BCUT2D eigenvalue weighted by Crippen LogP contribution is 2.21. The van der Waals surface area contributed by atoms with E-state index < -0.39 is 11.7 Å². The molecule has 1 aromatic heterocycles. The first-order chi connectivity index (χ1) is 9.56. The maximum absolute atomic E-state index is 10.3. The summed E-state index contributed by atoms with van der Waals surface area (Å²) in [6.45, 7) is 4.34. The Bertz CT molecular complexity index is 336. The minimum absolute atomic E-state index is 0.392. The van der Waals surface area contributed by atoms with Crippen LogP contribution in [0.15, 0.2) is 18.7 Å². The number of aliphatic hydroxyl groups excluding tert-OH is 1. The summed E-state index contributed by atoms with van der Waals surface area (Å²) in [5.41, 5.74) is -1.02. The van der Waals surface area contributed by atoms with Gasteiger partial charge in [0, 0.05) is 12.4 Å². The van der Waals surface area contributed by atoms with Crippen molar-refractivity contribution in [2.75, 3.05) is 0 Å². The number of unbranched alkanes of at least 4 members (excludes halogenated alkanes) is 6. The maximum atomic E-state index is 10.3. The van der Waals surface area contributed by atoms with Crippen LogP contribution in [0.5, 0.6) is 0 Å². The Hall–Kier alpha value is -0.870. The molecule has 0 aromatic carbocycles. The Kier molecular flexibility index (Phi) is 7.85. The molecule has 0 radical (unpaired) electrons. The van der Waals surface area contributed by atoms with Gasteiger partial charge in [0.2, 0.25) is 0 Å². The number of hydrogen-bond acceptors (Lipinski definition) is 3. The van der Waals surface area contributed by atoms with Crippen LogP contribution in [0, 0.1) is 0 Å². The number of rotatable bonds is 11. The molecule has 0 fully saturated rings. The van der Waals surface area contributed by atoms with Gasteiger partial charge in [0.25, 0.3) is 0 Å². The Labute approximate surface area is 122 Å². The summed E-state index contributed by atoms with van der Waals surface area (Å²) in [5.74, 6) is 0. The molecule has 20 heavy (non-hydrogen) atoms. The number of hydrogen-bond donors (Lipinski definition) is 2. The zero-order chi connectivity index (χ0) is 14.8. The monoisotopic (exact) mass is 282 g/mol. The van der Waals surface area contributed by atoms with E-state index in [1.807, 2.05) is 0 Å². The van der Waals surface area contributed by atoms with Crippen LogP contribution in [0.3, 0.4) is 0 Å². The molecule has 2 N–H and O–H groups in total. The highest BCUT2D eigenvalue weighted by molar-refractivity contribution is 4.84. The largest absolute Gasteiger partial charge is 0.388 e. The molecule has 0 saturated heterocycles. The second kappa shape index (κ2) is 9.14. The van der Waals surface area contributed by atoms with Gasteiger partial charge in [0.1, 0.15) is 6.10 Å². The molecule has 0 bridgehead atoms. The molecule has 0 aliphatic rings. The van der Waals surface area contributed by atoms with Gasteiger partial charge >= 0.3 is 0 Å². The summed E-state index contributed by atoms with van der Waals surface area (Å²) < 4.78 is 1.80. The molecule has 116 valence electrons. The molecule has 4 heteroatoms. The van der Waals surface area contributed by atoms with Crippen molar-refractivity contribution in [2.45, 2.75) is 83.5 Å². The average Bonchev–Trinajstić information content (AvgIpc) is 2.90. The first-order valence-corrected chi connectivity index (χ1v) is 7.92. The molecule has 4 nitrogen and oxygen atoms in total. The third-order valence-electron chi connectivity index (χ3n) is 3.95. The third kappa shape index (κ3) is 6.53. The molecule has 2 unspecified atom stereocenters. The van der Waals surface area contributed by atoms with Crippen LogP contribution in [0.1, 0.15) is 65.2 Å². The van der Waals surface area contributed by atoms with Crippen molar-refractivity contribution in [3.63, 3.8) is 0 Å². The molecular weight excluding hydrogens is 252 g/mol. The molecule has 1 rings (SSSR count). The van der Waals surface area contributed by atoms with Gasteiger partial charge in [-0.15, -0.1) is 0 Å². The highest BCUT2D eigenvalue weighted by atomic mass is 16.3. The SMILES string of the molecule is CCCCCCCCCC(C)(O)C(O)Cn1ccnc1. The predicted molar refractivity (Wildman–Crippen MR) is 81.5 cm³/mol. The van der Waals surface area contributed by atoms with E-state index in [-0.39, 0.29) is 0 Å². The van der Waals surface area contributed by atoms with E-state index >= 15 is 0 Å². The van der Waals surface area contributed by atoms with Gasteiger partial charge in [0.15, 0.2) is 0 Å². The van der Waals surface area contributed by atoms with Crippen LogP contribution in [0.4, 0.5) is 0 Å². The lowest BCUT2D eigenvalue weighted by molar-refractivity contribution is -0.0749. The van der Waals surface area contributed by atoms with Crippen molar-refractivity contribution in [1.82, 2.24) is 9.55 Å². The van der Waals surface area contributed by atoms with Crippen LogP contribution in [0.2, 0.25) is 0 Å². The van der Waals surface area contributed by atoms with Crippen molar-refractivity contribution < 1.29 is 10.2 Å². The van der Waals surface area contributed by atoms with Gasteiger partial charge < -0.3 is 14.8 Å².